The van der Waals surface area contributed by atoms with Crippen molar-refractivity contribution < 1.29 is 69.1 Å². The first kappa shape index (κ1) is 15.9. The maximum Gasteiger partial charge on any atom is 1.00 e. The maximum absolute atomic E-state index is 12.9. The second-order valence-corrected chi connectivity index (χ2v) is 5.93. The molecular weight excluding hydrogens is 279 g/mol. The Kier molecular flexibility index (Phi) is 3.99. The number of halogens is 3. The van der Waals surface area contributed by atoms with E-state index in [1.54, 1.807) is 7.11 Å². The van der Waals surface area contributed by atoms with E-state index in [9.17, 15) is 12.9 Å². The molecule has 19 heavy (non-hydrogen) atoms. The molecule has 1 aromatic rings. The van der Waals surface area contributed by atoms with Crippen LogP contribution in [0, 0.1) is 6.92 Å². The van der Waals surface area contributed by atoms with Crippen molar-refractivity contribution >= 4 is 6.98 Å². The summed E-state index contributed by atoms with van der Waals surface area (Å²) in [6.45, 7) is -2.73. The number of methoxy groups -OCH3 is 1. The molecule has 3 saturated carbocycles. The molecule has 0 N–H and O–H groups in total. The molecule has 1 nitrogen and oxygen atoms in total. The van der Waals surface area contributed by atoms with E-state index in [1.165, 1.54) is 0 Å². The van der Waals surface area contributed by atoms with Gasteiger partial charge in [0.05, 0.1) is 7.11 Å². The minimum Gasteiger partial charge on any atom is -0.497 e. The molecule has 6 heteroatoms. The van der Waals surface area contributed by atoms with Crippen LogP contribution in [0.4, 0.5) is 12.9 Å². The molecule has 0 atom stereocenters. The number of benzene rings is 1. The zero-order valence-corrected chi connectivity index (χ0v) is 14.6. The number of hydrogen-bond donors (Lipinski definition) is 0. The second-order valence-electron chi connectivity index (χ2n) is 5.93. The van der Waals surface area contributed by atoms with Crippen molar-refractivity contribution in [3.8, 4) is 5.75 Å². The fourth-order valence-electron chi connectivity index (χ4n) is 3.86. The molecule has 2 bridgehead atoms. The van der Waals surface area contributed by atoms with Crippen molar-refractivity contribution in [3.63, 3.8) is 0 Å². The van der Waals surface area contributed by atoms with E-state index >= 15 is 0 Å². The summed E-state index contributed by atoms with van der Waals surface area (Å²) in [7, 11) is 1.59. The molecule has 0 aromatic heterocycles. The van der Waals surface area contributed by atoms with E-state index in [0.29, 0.717) is 0 Å². The standard InChI is InChI=1S/C13H15BF3O.K/c1-9-5-10(18-2)3-4-11(9)12-6-13(7-12,8-12)14(15,16)17;/h3-5H,6-8H2,1-2H3;/q-1;+1. The second kappa shape index (κ2) is 4.77. The molecule has 0 unspecified atom stereocenters. The van der Waals surface area contributed by atoms with Crippen LogP contribution in [0.1, 0.15) is 30.4 Å². The molecular formula is C13H15BF3KO. The van der Waals surface area contributed by atoms with Crippen LogP contribution in [0.5, 0.6) is 5.75 Å². The Balaban J connectivity index is 0.00000133. The first-order valence-corrected chi connectivity index (χ1v) is 6.17. The third-order valence-electron chi connectivity index (χ3n) is 4.77. The first-order valence-electron chi connectivity index (χ1n) is 6.17. The third-order valence-corrected chi connectivity index (χ3v) is 4.77. The van der Waals surface area contributed by atoms with Gasteiger partial charge in [0.2, 0.25) is 0 Å². The van der Waals surface area contributed by atoms with Gasteiger partial charge in [-0.25, -0.2) is 0 Å². The zero-order chi connectivity index (χ0) is 13.2. The van der Waals surface area contributed by atoms with Crippen LogP contribution in [-0.2, 0) is 5.41 Å². The summed E-state index contributed by atoms with van der Waals surface area (Å²) >= 11 is 0. The summed E-state index contributed by atoms with van der Waals surface area (Å²) in [4.78, 5) is 0. The number of aryl methyl sites for hydroxylation is 1. The Morgan fingerprint density at radius 1 is 1.16 bits per heavy atom. The van der Waals surface area contributed by atoms with Gasteiger partial charge in [-0.15, -0.1) is 0 Å². The van der Waals surface area contributed by atoms with Crippen LogP contribution in [0.3, 0.4) is 0 Å². The Labute approximate surface area is 153 Å². The number of rotatable bonds is 3. The Bertz CT molecular complexity index is 495. The van der Waals surface area contributed by atoms with Gasteiger partial charge < -0.3 is 17.7 Å². The number of hydrogen-bond acceptors (Lipinski definition) is 1. The minimum atomic E-state index is -4.68. The maximum atomic E-state index is 12.9. The normalized spacial score (nSPS) is 31.8. The van der Waals surface area contributed by atoms with Crippen LogP contribution in [0.15, 0.2) is 18.2 Å². The van der Waals surface area contributed by atoms with Crippen molar-refractivity contribution in [1.82, 2.24) is 0 Å². The van der Waals surface area contributed by atoms with Crippen molar-refractivity contribution in [3.05, 3.63) is 29.3 Å². The monoisotopic (exact) mass is 294 g/mol. The molecule has 0 heterocycles. The molecule has 0 amide bonds. The molecule has 1 aromatic carbocycles. The van der Waals surface area contributed by atoms with E-state index in [2.05, 4.69) is 0 Å². The predicted octanol–water partition coefficient (Wildman–Crippen LogP) is 1.03. The van der Waals surface area contributed by atoms with Crippen molar-refractivity contribution in [2.45, 2.75) is 36.9 Å². The van der Waals surface area contributed by atoms with Gasteiger partial charge in [0.25, 0.3) is 0 Å². The largest absolute Gasteiger partial charge is 1.00 e. The van der Waals surface area contributed by atoms with Crippen molar-refractivity contribution in [2.75, 3.05) is 7.11 Å². The van der Waals surface area contributed by atoms with Crippen molar-refractivity contribution in [2.24, 2.45) is 0 Å². The third kappa shape index (κ3) is 2.14. The molecule has 0 radical (unpaired) electrons. The van der Waals surface area contributed by atoms with E-state index in [4.69, 9.17) is 4.74 Å². The average molecular weight is 294 g/mol. The van der Waals surface area contributed by atoms with E-state index < -0.39 is 12.3 Å². The molecule has 0 aliphatic heterocycles. The minimum absolute atomic E-state index is 0. The molecule has 98 valence electrons. The van der Waals surface area contributed by atoms with E-state index in [0.717, 1.165) is 16.9 Å². The summed E-state index contributed by atoms with van der Waals surface area (Å²) in [5.74, 6) is 0.762. The summed E-state index contributed by atoms with van der Waals surface area (Å²) in [5, 5.41) is -1.31. The summed E-state index contributed by atoms with van der Waals surface area (Å²) < 4.78 is 43.7. The zero-order valence-electron chi connectivity index (χ0n) is 11.5. The van der Waals surface area contributed by atoms with Crippen LogP contribution < -0.4 is 56.1 Å². The van der Waals surface area contributed by atoms with E-state index in [1.807, 2.05) is 25.1 Å². The molecule has 4 rings (SSSR count). The summed E-state index contributed by atoms with van der Waals surface area (Å²) in [6.07, 6.45) is 0.865. The van der Waals surface area contributed by atoms with Gasteiger partial charge in [0, 0.05) is 0 Å². The smallest absolute Gasteiger partial charge is 0.497 e. The van der Waals surface area contributed by atoms with Gasteiger partial charge >= 0.3 is 58.4 Å². The van der Waals surface area contributed by atoms with Crippen molar-refractivity contribution in [1.29, 1.82) is 0 Å². The fourth-order valence-corrected chi connectivity index (χ4v) is 3.86. The van der Waals surface area contributed by atoms with Gasteiger partial charge in [-0.3, -0.25) is 0 Å². The quantitative estimate of drug-likeness (QED) is 0.757. The Morgan fingerprint density at radius 2 is 1.74 bits per heavy atom. The van der Waals surface area contributed by atoms with Crippen LogP contribution in [0.2, 0.25) is 5.31 Å². The van der Waals surface area contributed by atoms with Gasteiger partial charge in [-0.2, -0.15) is 0 Å². The molecule has 0 spiro atoms. The Hall–Kier alpha value is 0.511. The molecule has 0 saturated heterocycles. The fraction of sp³-hybridized carbons (Fsp3) is 0.538. The van der Waals surface area contributed by atoms with Crippen LogP contribution in [-0.4, -0.2) is 14.1 Å². The van der Waals surface area contributed by atoms with E-state index in [-0.39, 0.29) is 76.1 Å². The van der Waals surface area contributed by atoms with Gasteiger partial charge in [-0.05, 0) is 35.6 Å². The average Bonchev–Trinajstić information content (AvgIpc) is 2.14. The van der Waals surface area contributed by atoms with Gasteiger partial charge in [0.1, 0.15) is 5.75 Å². The SMILES string of the molecule is COc1ccc(C23CC([B-](F)(F)F)(C2)C3)c(C)c1.[K+]. The molecule has 3 aliphatic carbocycles. The molecule has 3 fully saturated rings. The summed E-state index contributed by atoms with van der Waals surface area (Å²) in [6, 6.07) is 5.68. The van der Waals surface area contributed by atoms with Crippen LogP contribution in [0.25, 0.3) is 0 Å². The summed E-state index contributed by atoms with van der Waals surface area (Å²) in [5.41, 5.74) is 1.91. The molecule has 3 aliphatic rings. The Morgan fingerprint density at radius 3 is 2.16 bits per heavy atom. The number of ether oxygens (including phenoxy) is 1. The van der Waals surface area contributed by atoms with Crippen LogP contribution >= 0.6 is 0 Å². The van der Waals surface area contributed by atoms with Gasteiger partial charge in [-0.1, -0.05) is 30.6 Å². The topological polar surface area (TPSA) is 9.23 Å². The first-order chi connectivity index (χ1) is 8.32. The van der Waals surface area contributed by atoms with Gasteiger partial charge in [0.15, 0.2) is 0 Å². The predicted molar refractivity (Wildman–Crippen MR) is 65.0 cm³/mol.